The average molecular weight is 320 g/mol. The van der Waals surface area contributed by atoms with Crippen LogP contribution in [0.3, 0.4) is 0 Å². The largest absolute Gasteiger partial charge is 0.381 e. The highest BCUT2D eigenvalue weighted by molar-refractivity contribution is 5.96. The predicted octanol–water partition coefficient (Wildman–Crippen LogP) is 3.25. The number of nitrogens with one attached hydrogen (secondary N) is 1. The molecule has 0 aromatic rings. The summed E-state index contributed by atoms with van der Waals surface area (Å²) in [5.74, 6) is 0.758. The fourth-order valence-corrected chi connectivity index (χ4v) is 3.61. The molecule has 1 aliphatic carbocycles. The third-order valence-corrected chi connectivity index (χ3v) is 5.22. The van der Waals surface area contributed by atoms with Gasteiger partial charge in [0, 0.05) is 38.5 Å². The monoisotopic (exact) mass is 320 g/mol. The van der Waals surface area contributed by atoms with E-state index in [0.29, 0.717) is 5.57 Å². The molecule has 2 aliphatic rings. The van der Waals surface area contributed by atoms with Crippen molar-refractivity contribution in [2.75, 3.05) is 26.8 Å². The van der Waals surface area contributed by atoms with Crippen LogP contribution in [0.5, 0.6) is 0 Å². The minimum absolute atomic E-state index is 0.0000980. The van der Waals surface area contributed by atoms with E-state index in [1.165, 1.54) is 32.1 Å². The number of rotatable bonds is 6. The first-order chi connectivity index (χ1) is 11.1. The lowest BCUT2D eigenvalue weighted by Gasteiger charge is -2.30. The topological polar surface area (TPSA) is 41.6 Å². The summed E-state index contributed by atoms with van der Waals surface area (Å²) in [5, 5.41) is 3.13. The lowest BCUT2D eigenvalue weighted by molar-refractivity contribution is -0.118. The molecular formula is C19H32N2O2. The Hall–Kier alpha value is -1.29. The van der Waals surface area contributed by atoms with Gasteiger partial charge in [0.15, 0.2) is 0 Å². The van der Waals surface area contributed by atoms with E-state index in [2.05, 4.69) is 23.8 Å². The molecule has 0 unspecified atom stereocenters. The molecule has 0 atom stereocenters. The van der Waals surface area contributed by atoms with E-state index >= 15 is 0 Å². The number of hydrogen-bond acceptors (Lipinski definition) is 3. The van der Waals surface area contributed by atoms with E-state index in [4.69, 9.17) is 4.74 Å². The van der Waals surface area contributed by atoms with Crippen molar-refractivity contribution in [3.63, 3.8) is 0 Å². The molecular weight excluding hydrogens is 288 g/mol. The van der Waals surface area contributed by atoms with E-state index in [-0.39, 0.29) is 11.9 Å². The van der Waals surface area contributed by atoms with Crippen LogP contribution in [-0.2, 0) is 9.53 Å². The average Bonchev–Trinajstić information content (AvgIpc) is 2.57. The van der Waals surface area contributed by atoms with E-state index in [1.54, 1.807) is 6.08 Å². The lowest BCUT2D eigenvalue weighted by atomic mass is 9.89. The fourth-order valence-electron chi connectivity index (χ4n) is 3.61. The standard InChI is InChI=1S/C19H32N2O2/c1-4-18(19(22)20-17-10-12-23-13-11-17)15(2)21(3)14-16-8-6-5-7-9-16/h4,16-17H,1,5-14H2,2-3H3,(H,20,22). The van der Waals surface area contributed by atoms with Gasteiger partial charge in [0.1, 0.15) is 0 Å². The quantitative estimate of drug-likeness (QED) is 0.603. The molecule has 23 heavy (non-hydrogen) atoms. The first-order valence-corrected chi connectivity index (χ1v) is 9.05. The molecule has 0 radical (unpaired) electrons. The van der Waals surface area contributed by atoms with Crippen LogP contribution in [0.15, 0.2) is 23.9 Å². The summed E-state index contributed by atoms with van der Waals surface area (Å²) in [6.07, 6.45) is 10.2. The van der Waals surface area contributed by atoms with Gasteiger partial charge >= 0.3 is 0 Å². The number of carbonyl (C=O) groups is 1. The van der Waals surface area contributed by atoms with Gasteiger partial charge in [-0.05, 0) is 38.5 Å². The van der Waals surface area contributed by atoms with E-state index in [0.717, 1.165) is 44.2 Å². The third kappa shape index (κ3) is 5.38. The second kappa shape index (κ2) is 9.11. The molecule has 1 saturated carbocycles. The number of nitrogens with zero attached hydrogens (tertiary/aromatic N) is 1. The van der Waals surface area contributed by atoms with E-state index in [1.807, 2.05) is 6.92 Å². The zero-order valence-electron chi connectivity index (χ0n) is 14.8. The van der Waals surface area contributed by atoms with Crippen molar-refractivity contribution < 1.29 is 9.53 Å². The number of amides is 1. The SMILES string of the molecule is C=CC(C(=O)NC1CCOCC1)=C(C)N(C)CC1CCCCC1. The molecule has 4 heteroatoms. The first-order valence-electron chi connectivity index (χ1n) is 9.05. The van der Waals surface area contributed by atoms with E-state index in [9.17, 15) is 4.79 Å². The maximum atomic E-state index is 12.6. The first kappa shape index (κ1) is 18.1. The Labute approximate surface area is 141 Å². The van der Waals surface area contributed by atoms with Gasteiger partial charge in [-0.1, -0.05) is 31.9 Å². The van der Waals surface area contributed by atoms with Crippen LogP contribution < -0.4 is 5.32 Å². The Balaban J connectivity index is 1.95. The highest BCUT2D eigenvalue weighted by Gasteiger charge is 2.21. The van der Waals surface area contributed by atoms with Crippen molar-refractivity contribution in [1.29, 1.82) is 0 Å². The molecule has 0 bridgehead atoms. The molecule has 1 aliphatic heterocycles. The summed E-state index contributed by atoms with van der Waals surface area (Å²) in [6.45, 7) is 8.39. The van der Waals surface area contributed by atoms with Gasteiger partial charge in [-0.3, -0.25) is 4.79 Å². The minimum Gasteiger partial charge on any atom is -0.381 e. The second-order valence-electron chi connectivity index (χ2n) is 6.95. The highest BCUT2D eigenvalue weighted by Crippen LogP contribution is 2.25. The Bertz CT molecular complexity index is 433. The van der Waals surface area contributed by atoms with Crippen molar-refractivity contribution in [2.24, 2.45) is 5.92 Å². The maximum Gasteiger partial charge on any atom is 0.253 e. The molecule has 130 valence electrons. The van der Waals surface area contributed by atoms with E-state index < -0.39 is 0 Å². The van der Waals surface area contributed by atoms with Crippen LogP contribution >= 0.6 is 0 Å². The Morgan fingerprint density at radius 1 is 1.22 bits per heavy atom. The molecule has 1 heterocycles. The van der Waals surface area contributed by atoms with Crippen molar-refractivity contribution in [1.82, 2.24) is 10.2 Å². The van der Waals surface area contributed by atoms with Gasteiger partial charge in [-0.25, -0.2) is 0 Å². The molecule has 1 N–H and O–H groups in total. The highest BCUT2D eigenvalue weighted by atomic mass is 16.5. The van der Waals surface area contributed by atoms with Crippen LogP contribution in [0, 0.1) is 5.92 Å². The van der Waals surface area contributed by atoms with Crippen LogP contribution in [0.2, 0.25) is 0 Å². The summed E-state index contributed by atoms with van der Waals surface area (Å²) in [7, 11) is 2.09. The molecule has 2 fully saturated rings. The summed E-state index contributed by atoms with van der Waals surface area (Å²) < 4.78 is 5.35. The number of ether oxygens (including phenoxy) is 1. The second-order valence-corrected chi connectivity index (χ2v) is 6.95. The lowest BCUT2D eigenvalue weighted by Crippen LogP contribution is -2.40. The smallest absolute Gasteiger partial charge is 0.253 e. The Kier molecular flexibility index (Phi) is 7.15. The Morgan fingerprint density at radius 2 is 1.87 bits per heavy atom. The predicted molar refractivity (Wildman–Crippen MR) is 94.1 cm³/mol. The van der Waals surface area contributed by atoms with Crippen molar-refractivity contribution in [3.8, 4) is 0 Å². The van der Waals surface area contributed by atoms with Crippen LogP contribution in [0.25, 0.3) is 0 Å². The fraction of sp³-hybridized carbons (Fsp3) is 0.737. The molecule has 4 nitrogen and oxygen atoms in total. The number of carbonyl (C=O) groups excluding carboxylic acids is 1. The van der Waals surface area contributed by atoms with Gasteiger partial charge in [0.25, 0.3) is 5.91 Å². The zero-order valence-corrected chi connectivity index (χ0v) is 14.8. The molecule has 2 rings (SSSR count). The van der Waals surface area contributed by atoms with Gasteiger partial charge in [-0.15, -0.1) is 0 Å². The summed E-state index contributed by atoms with van der Waals surface area (Å²) in [4.78, 5) is 14.8. The summed E-state index contributed by atoms with van der Waals surface area (Å²) in [5.41, 5.74) is 1.73. The molecule has 0 aromatic carbocycles. The van der Waals surface area contributed by atoms with Gasteiger partial charge in [-0.2, -0.15) is 0 Å². The van der Waals surface area contributed by atoms with Crippen LogP contribution in [-0.4, -0.2) is 43.7 Å². The number of allylic oxidation sites excluding steroid dienone is 1. The summed E-state index contributed by atoms with van der Waals surface area (Å²) in [6, 6.07) is 0.225. The van der Waals surface area contributed by atoms with Crippen LogP contribution in [0.1, 0.15) is 51.9 Å². The molecule has 1 amide bonds. The van der Waals surface area contributed by atoms with Crippen molar-refractivity contribution >= 4 is 5.91 Å². The minimum atomic E-state index is -0.0000980. The Morgan fingerprint density at radius 3 is 2.48 bits per heavy atom. The van der Waals surface area contributed by atoms with Crippen molar-refractivity contribution in [3.05, 3.63) is 23.9 Å². The number of hydrogen-bond donors (Lipinski definition) is 1. The zero-order chi connectivity index (χ0) is 16.7. The molecule has 0 spiro atoms. The van der Waals surface area contributed by atoms with Crippen LogP contribution in [0.4, 0.5) is 0 Å². The summed E-state index contributed by atoms with van der Waals surface area (Å²) >= 11 is 0. The van der Waals surface area contributed by atoms with Gasteiger partial charge in [0.05, 0.1) is 5.57 Å². The normalized spacial score (nSPS) is 21.5. The molecule has 1 saturated heterocycles. The maximum absolute atomic E-state index is 12.6. The van der Waals surface area contributed by atoms with Gasteiger partial charge in [0.2, 0.25) is 0 Å². The third-order valence-electron chi connectivity index (χ3n) is 5.22. The van der Waals surface area contributed by atoms with Crippen molar-refractivity contribution in [2.45, 2.75) is 57.9 Å². The molecule has 0 aromatic heterocycles. The van der Waals surface area contributed by atoms with Gasteiger partial charge < -0.3 is 15.0 Å².